The smallest absolute Gasteiger partial charge is 0.340 e. The van der Waals surface area contributed by atoms with Gasteiger partial charge in [-0.2, -0.15) is 5.26 Å². The van der Waals surface area contributed by atoms with Gasteiger partial charge < -0.3 is 23.7 Å². The molecule has 0 aliphatic carbocycles. The van der Waals surface area contributed by atoms with Gasteiger partial charge in [0.2, 0.25) is 12.4 Å². The Labute approximate surface area is 252 Å². The zero-order valence-corrected chi connectivity index (χ0v) is 23.1. The molecule has 1 saturated heterocycles. The fourth-order valence-corrected chi connectivity index (χ4v) is 4.44. The quantitative estimate of drug-likeness (QED) is 0.208. The third kappa shape index (κ3) is 6.98. The van der Waals surface area contributed by atoms with Crippen molar-refractivity contribution >= 4 is 23.9 Å². The Morgan fingerprint density at radius 1 is 0.477 bits per heavy atom. The lowest BCUT2D eigenvalue weighted by atomic mass is 9.98. The molecule has 220 valence electrons. The van der Waals surface area contributed by atoms with Crippen molar-refractivity contribution in [2.45, 2.75) is 30.7 Å². The Hall–Kier alpha value is -5.79. The normalized spacial score (nSPS) is 20.8. The van der Waals surface area contributed by atoms with Gasteiger partial charge in [-0.1, -0.05) is 72.8 Å². The monoisotopic (exact) mass is 591 g/mol. The summed E-state index contributed by atoms with van der Waals surface area (Å²) in [6.07, 6.45) is -8.24. The molecule has 10 nitrogen and oxygen atoms in total. The first-order chi connectivity index (χ1) is 21.4. The van der Waals surface area contributed by atoms with Crippen molar-refractivity contribution < 1.29 is 42.9 Å². The van der Waals surface area contributed by atoms with Crippen molar-refractivity contribution in [3.05, 3.63) is 144 Å². The number of hydrogen-bond donors (Lipinski definition) is 0. The summed E-state index contributed by atoms with van der Waals surface area (Å²) in [5.41, 5.74) is 0.557. The fourth-order valence-electron chi connectivity index (χ4n) is 4.44. The molecule has 1 aliphatic rings. The Kier molecular flexibility index (Phi) is 9.39. The van der Waals surface area contributed by atoms with E-state index in [0.29, 0.717) is 0 Å². The molecular weight excluding hydrogens is 566 g/mol. The number of nitrogens with zero attached hydrogens (tertiary/aromatic N) is 1. The van der Waals surface area contributed by atoms with Crippen molar-refractivity contribution in [1.29, 1.82) is 5.26 Å². The predicted molar refractivity (Wildman–Crippen MR) is 153 cm³/mol. The maximum absolute atomic E-state index is 13.3. The Balaban J connectivity index is 1.54. The molecule has 4 aromatic rings. The van der Waals surface area contributed by atoms with E-state index in [-0.39, 0.29) is 22.3 Å². The zero-order valence-electron chi connectivity index (χ0n) is 23.1. The average molecular weight is 592 g/mol. The molecule has 44 heavy (non-hydrogen) atoms. The van der Waals surface area contributed by atoms with E-state index in [1.54, 1.807) is 72.8 Å². The highest BCUT2D eigenvalue weighted by molar-refractivity contribution is 5.92. The topological polar surface area (TPSA) is 138 Å². The second kappa shape index (κ2) is 13.9. The molecule has 0 aromatic heterocycles. The van der Waals surface area contributed by atoms with Crippen LogP contribution < -0.4 is 0 Å². The highest BCUT2D eigenvalue weighted by Crippen LogP contribution is 2.31. The average Bonchev–Trinajstić information content (AvgIpc) is 3.08. The molecule has 0 N–H and O–H groups in total. The van der Waals surface area contributed by atoms with Gasteiger partial charge in [0.1, 0.15) is 0 Å². The minimum absolute atomic E-state index is 0.131. The Morgan fingerprint density at radius 2 is 0.795 bits per heavy atom. The molecule has 5 rings (SSSR count). The van der Waals surface area contributed by atoms with E-state index in [0.717, 1.165) is 0 Å². The lowest BCUT2D eigenvalue weighted by Gasteiger charge is -2.42. The molecule has 0 saturated carbocycles. The molecule has 4 aromatic carbocycles. The van der Waals surface area contributed by atoms with Gasteiger partial charge in [-0.25, -0.2) is 19.2 Å². The molecule has 0 radical (unpaired) electrons. The number of nitriles is 1. The maximum Gasteiger partial charge on any atom is 0.340 e. The molecule has 1 aliphatic heterocycles. The highest BCUT2D eigenvalue weighted by atomic mass is 16.7. The van der Waals surface area contributed by atoms with Gasteiger partial charge >= 0.3 is 23.9 Å². The summed E-state index contributed by atoms with van der Waals surface area (Å²) >= 11 is 0. The summed E-state index contributed by atoms with van der Waals surface area (Å²) in [5, 5.41) is 10.1. The van der Waals surface area contributed by atoms with Crippen LogP contribution >= 0.6 is 0 Å². The van der Waals surface area contributed by atoms with Gasteiger partial charge in [-0.15, -0.1) is 0 Å². The molecule has 1 fully saturated rings. The van der Waals surface area contributed by atoms with Gasteiger partial charge in [-0.3, -0.25) is 0 Å². The summed E-state index contributed by atoms with van der Waals surface area (Å²) in [6, 6.07) is 33.6. The second-order valence-corrected chi connectivity index (χ2v) is 9.53. The van der Waals surface area contributed by atoms with E-state index >= 15 is 0 Å². The molecular formula is C34H25NO9. The van der Waals surface area contributed by atoms with Gasteiger partial charge in [0.25, 0.3) is 0 Å². The minimum Gasteiger partial charge on any atom is -0.451 e. The van der Waals surface area contributed by atoms with Crippen LogP contribution in [0.25, 0.3) is 0 Å². The first-order valence-corrected chi connectivity index (χ1v) is 13.5. The van der Waals surface area contributed by atoms with Crippen LogP contribution in [0, 0.1) is 11.3 Å². The molecule has 0 bridgehead atoms. The van der Waals surface area contributed by atoms with E-state index in [2.05, 4.69) is 0 Å². The summed E-state index contributed by atoms with van der Waals surface area (Å²) in [4.78, 5) is 52.8. The maximum atomic E-state index is 13.3. The highest BCUT2D eigenvalue weighted by Gasteiger charge is 2.54. The number of benzene rings is 4. The molecule has 1 heterocycles. The van der Waals surface area contributed by atoms with Crippen molar-refractivity contribution in [3.63, 3.8) is 0 Å². The standard InChI is InChI=1S/C34H25NO9/c35-21-26-27(41-30(36)22-13-5-1-6-14-22)28(42-31(37)23-15-7-2-8-16-23)29(43-32(38)24-17-9-3-10-18-24)34(40-26)44-33(39)25-19-11-4-12-20-25/h1-20,26-29,34H/t26?,27-,28?,29+,34+/m1/s1. The Morgan fingerprint density at radius 3 is 1.16 bits per heavy atom. The summed E-state index contributed by atoms with van der Waals surface area (Å²) < 4.78 is 28.7. The van der Waals surface area contributed by atoms with Crippen LogP contribution in [0.3, 0.4) is 0 Å². The first-order valence-electron chi connectivity index (χ1n) is 13.5. The van der Waals surface area contributed by atoms with Crippen LogP contribution in [0.5, 0.6) is 0 Å². The van der Waals surface area contributed by atoms with E-state index in [1.807, 2.05) is 6.07 Å². The van der Waals surface area contributed by atoms with Gasteiger partial charge in [0.05, 0.1) is 28.3 Å². The number of esters is 4. The van der Waals surface area contributed by atoms with Crippen molar-refractivity contribution in [3.8, 4) is 6.07 Å². The van der Waals surface area contributed by atoms with E-state index in [1.165, 1.54) is 48.5 Å². The van der Waals surface area contributed by atoms with E-state index < -0.39 is 54.6 Å². The largest absolute Gasteiger partial charge is 0.451 e. The first kappa shape index (κ1) is 29.7. The van der Waals surface area contributed by atoms with Gasteiger partial charge in [0, 0.05) is 0 Å². The number of carbonyl (C=O) groups excluding carboxylic acids is 4. The van der Waals surface area contributed by atoms with Crippen LogP contribution in [0.2, 0.25) is 0 Å². The van der Waals surface area contributed by atoms with Crippen LogP contribution in [-0.4, -0.2) is 54.6 Å². The van der Waals surface area contributed by atoms with Crippen LogP contribution in [0.15, 0.2) is 121 Å². The minimum atomic E-state index is -1.74. The molecule has 0 spiro atoms. The second-order valence-electron chi connectivity index (χ2n) is 9.53. The number of ether oxygens (including phenoxy) is 5. The summed E-state index contributed by atoms with van der Waals surface area (Å²) in [7, 11) is 0. The van der Waals surface area contributed by atoms with Crippen LogP contribution in [0.4, 0.5) is 0 Å². The zero-order chi connectivity index (χ0) is 30.9. The van der Waals surface area contributed by atoms with E-state index in [9.17, 15) is 24.4 Å². The molecule has 0 amide bonds. The van der Waals surface area contributed by atoms with Crippen molar-refractivity contribution in [1.82, 2.24) is 0 Å². The fraction of sp³-hybridized carbons (Fsp3) is 0.147. The van der Waals surface area contributed by atoms with Crippen LogP contribution in [-0.2, 0) is 23.7 Å². The third-order valence-electron chi connectivity index (χ3n) is 6.61. The molecule has 5 atom stereocenters. The number of carbonyl (C=O) groups is 4. The molecule has 2 unspecified atom stereocenters. The van der Waals surface area contributed by atoms with Gasteiger partial charge in [0.15, 0.2) is 18.3 Å². The number of rotatable bonds is 8. The SMILES string of the molecule is N#CC1O[C@@H](OC(=O)c2ccccc2)[C@@H](OC(=O)c2ccccc2)C(OC(=O)c2ccccc2)[C@@H]1OC(=O)c1ccccc1. The van der Waals surface area contributed by atoms with Crippen LogP contribution in [0.1, 0.15) is 41.4 Å². The Bertz CT molecular complexity index is 1640. The van der Waals surface area contributed by atoms with Crippen molar-refractivity contribution in [2.24, 2.45) is 0 Å². The summed E-state index contributed by atoms with van der Waals surface area (Å²) in [6.45, 7) is 0. The van der Waals surface area contributed by atoms with Crippen molar-refractivity contribution in [2.75, 3.05) is 0 Å². The number of hydrogen-bond acceptors (Lipinski definition) is 10. The lowest BCUT2D eigenvalue weighted by molar-refractivity contribution is -0.266. The third-order valence-corrected chi connectivity index (χ3v) is 6.61. The molecule has 10 heteroatoms. The van der Waals surface area contributed by atoms with Gasteiger partial charge in [-0.05, 0) is 48.5 Å². The summed E-state index contributed by atoms with van der Waals surface area (Å²) in [5.74, 6) is -3.46. The lowest BCUT2D eigenvalue weighted by Crippen LogP contribution is -2.62. The van der Waals surface area contributed by atoms with E-state index in [4.69, 9.17) is 23.7 Å². The predicted octanol–water partition coefficient (Wildman–Crippen LogP) is 4.77.